The topological polar surface area (TPSA) is 51.1 Å². The van der Waals surface area contributed by atoms with Crippen LogP contribution in [0.15, 0.2) is 42.5 Å². The van der Waals surface area contributed by atoms with Crippen molar-refractivity contribution in [1.29, 1.82) is 0 Å². The van der Waals surface area contributed by atoms with Crippen LogP contribution in [0.5, 0.6) is 0 Å². The minimum Gasteiger partial charge on any atom is -0.382 e. The zero-order valence-electron chi connectivity index (χ0n) is 16.6. The van der Waals surface area contributed by atoms with Gasteiger partial charge in [0.2, 0.25) is 5.91 Å². The number of anilines is 1. The third-order valence-electron chi connectivity index (χ3n) is 6.46. The van der Waals surface area contributed by atoms with Crippen LogP contribution in [0.3, 0.4) is 0 Å². The molecule has 1 aromatic heterocycles. The number of rotatable bonds is 4. The van der Waals surface area contributed by atoms with E-state index >= 15 is 0 Å². The summed E-state index contributed by atoms with van der Waals surface area (Å²) in [5.74, 6) is 0.179. The first-order valence-corrected chi connectivity index (χ1v) is 10.8. The molecule has 0 atom stereocenters. The van der Waals surface area contributed by atoms with Crippen LogP contribution < -0.4 is 5.32 Å². The summed E-state index contributed by atoms with van der Waals surface area (Å²) in [5.41, 5.74) is 5.92. The van der Waals surface area contributed by atoms with Crippen molar-refractivity contribution >= 4 is 28.8 Å². The molecule has 2 heterocycles. The smallest absolute Gasteiger partial charge is 0.231 e. The van der Waals surface area contributed by atoms with Gasteiger partial charge in [-0.25, -0.2) is 0 Å². The molecule has 148 valence electrons. The van der Waals surface area contributed by atoms with E-state index in [1.807, 2.05) is 34.9 Å². The van der Waals surface area contributed by atoms with Crippen molar-refractivity contribution in [3.8, 4) is 11.1 Å². The van der Waals surface area contributed by atoms with Gasteiger partial charge in [0.05, 0.1) is 5.52 Å². The van der Waals surface area contributed by atoms with E-state index in [0.717, 1.165) is 65.4 Å². The Kier molecular flexibility index (Phi) is 4.70. The fourth-order valence-corrected chi connectivity index (χ4v) is 5.06. The highest BCUT2D eigenvalue weighted by atomic mass is 16.2. The van der Waals surface area contributed by atoms with Crippen molar-refractivity contribution in [1.82, 2.24) is 4.57 Å². The molecule has 0 amide bonds. The van der Waals surface area contributed by atoms with E-state index < -0.39 is 0 Å². The Morgan fingerprint density at radius 2 is 1.79 bits per heavy atom. The standard InChI is InChI=1S/C25H26N2O2/c28-16-18-14-13-17(15-21(18)26-19-7-2-1-3-8-19)25-20-9-4-5-10-22(20)27-23(25)11-6-12-24(27)29/h4-5,9-10,13-16,19,26H,1-3,6-8,11-12H2. The van der Waals surface area contributed by atoms with E-state index in [4.69, 9.17) is 0 Å². The fourth-order valence-electron chi connectivity index (χ4n) is 5.06. The lowest BCUT2D eigenvalue weighted by atomic mass is 9.94. The molecule has 1 saturated carbocycles. The fraction of sp³-hybridized carbons (Fsp3) is 0.360. The highest BCUT2D eigenvalue weighted by Crippen LogP contribution is 2.39. The van der Waals surface area contributed by atoms with Crippen LogP contribution in [0, 0.1) is 0 Å². The van der Waals surface area contributed by atoms with Crippen LogP contribution in [0.25, 0.3) is 22.0 Å². The number of aldehydes is 1. The first-order valence-electron chi connectivity index (χ1n) is 10.8. The number of para-hydroxylation sites is 1. The Hall–Kier alpha value is -2.88. The maximum atomic E-state index is 12.7. The molecule has 0 radical (unpaired) electrons. The molecule has 1 fully saturated rings. The molecular weight excluding hydrogens is 360 g/mol. The van der Waals surface area contributed by atoms with E-state index in [1.54, 1.807) is 0 Å². The number of carbonyl (C=O) groups is 2. The lowest BCUT2D eigenvalue weighted by molar-refractivity contribution is 0.0889. The third-order valence-corrected chi connectivity index (χ3v) is 6.46. The molecule has 29 heavy (non-hydrogen) atoms. The summed E-state index contributed by atoms with van der Waals surface area (Å²) in [5, 5.41) is 4.75. The summed E-state index contributed by atoms with van der Waals surface area (Å²) in [6.07, 6.45) is 9.42. The Bertz CT molecular complexity index is 1090. The van der Waals surface area contributed by atoms with E-state index in [1.165, 1.54) is 19.3 Å². The number of fused-ring (bicyclic) bond motifs is 3. The Balaban J connectivity index is 1.64. The van der Waals surface area contributed by atoms with Crippen molar-refractivity contribution in [2.45, 2.75) is 57.4 Å². The lowest BCUT2D eigenvalue weighted by Gasteiger charge is -2.25. The van der Waals surface area contributed by atoms with Gasteiger partial charge < -0.3 is 5.32 Å². The minimum absolute atomic E-state index is 0.179. The lowest BCUT2D eigenvalue weighted by Crippen LogP contribution is -2.23. The molecule has 0 spiro atoms. The van der Waals surface area contributed by atoms with E-state index in [-0.39, 0.29) is 5.91 Å². The van der Waals surface area contributed by atoms with Gasteiger partial charge in [0.25, 0.3) is 0 Å². The molecule has 0 bridgehead atoms. The largest absolute Gasteiger partial charge is 0.382 e. The molecular formula is C25H26N2O2. The quantitative estimate of drug-likeness (QED) is 0.573. The predicted molar refractivity (Wildman–Crippen MR) is 117 cm³/mol. The van der Waals surface area contributed by atoms with Crippen molar-refractivity contribution in [2.24, 2.45) is 0 Å². The van der Waals surface area contributed by atoms with Crippen LogP contribution in [0.1, 0.15) is 65.8 Å². The third kappa shape index (κ3) is 3.17. The van der Waals surface area contributed by atoms with Crippen molar-refractivity contribution < 1.29 is 9.59 Å². The molecule has 2 aliphatic rings. The molecule has 4 heteroatoms. The highest BCUT2D eigenvalue weighted by Gasteiger charge is 2.25. The van der Waals surface area contributed by atoms with Gasteiger partial charge in [0.15, 0.2) is 6.29 Å². The summed E-state index contributed by atoms with van der Waals surface area (Å²) in [6.45, 7) is 0. The predicted octanol–water partition coefficient (Wildman–Crippen LogP) is 5.84. The van der Waals surface area contributed by atoms with Crippen LogP contribution in [0.2, 0.25) is 0 Å². The number of nitrogens with one attached hydrogen (secondary N) is 1. The second-order valence-corrected chi connectivity index (χ2v) is 8.32. The second kappa shape index (κ2) is 7.51. The first-order chi connectivity index (χ1) is 14.3. The Labute approximate surface area is 170 Å². The maximum Gasteiger partial charge on any atom is 0.231 e. The molecule has 5 rings (SSSR count). The van der Waals surface area contributed by atoms with Crippen LogP contribution in [-0.2, 0) is 6.42 Å². The second-order valence-electron chi connectivity index (χ2n) is 8.32. The monoisotopic (exact) mass is 386 g/mol. The van der Waals surface area contributed by atoms with Gasteiger partial charge in [0, 0.05) is 40.4 Å². The maximum absolute atomic E-state index is 12.7. The Morgan fingerprint density at radius 3 is 2.62 bits per heavy atom. The van der Waals surface area contributed by atoms with E-state index in [9.17, 15) is 9.59 Å². The normalized spacial score (nSPS) is 17.3. The van der Waals surface area contributed by atoms with Gasteiger partial charge in [-0.2, -0.15) is 0 Å². The molecule has 2 aromatic carbocycles. The Morgan fingerprint density at radius 1 is 0.966 bits per heavy atom. The molecule has 1 N–H and O–H groups in total. The van der Waals surface area contributed by atoms with E-state index in [0.29, 0.717) is 18.0 Å². The summed E-state index contributed by atoms with van der Waals surface area (Å²) >= 11 is 0. The van der Waals surface area contributed by atoms with Gasteiger partial charge >= 0.3 is 0 Å². The number of aromatic nitrogens is 1. The van der Waals surface area contributed by atoms with Crippen molar-refractivity contribution in [3.63, 3.8) is 0 Å². The van der Waals surface area contributed by atoms with Crippen molar-refractivity contribution in [2.75, 3.05) is 5.32 Å². The number of carbonyl (C=O) groups excluding carboxylic acids is 2. The van der Waals surface area contributed by atoms with Crippen LogP contribution >= 0.6 is 0 Å². The zero-order chi connectivity index (χ0) is 19.8. The minimum atomic E-state index is 0.179. The number of hydrogen-bond acceptors (Lipinski definition) is 3. The van der Waals surface area contributed by atoms with Gasteiger partial charge in [-0.3, -0.25) is 14.2 Å². The molecule has 3 aromatic rings. The average Bonchev–Trinajstić information content (AvgIpc) is 3.10. The zero-order valence-corrected chi connectivity index (χ0v) is 16.6. The summed E-state index contributed by atoms with van der Waals surface area (Å²) < 4.78 is 1.91. The molecule has 4 nitrogen and oxygen atoms in total. The van der Waals surface area contributed by atoms with Gasteiger partial charge in [-0.1, -0.05) is 43.5 Å². The summed E-state index contributed by atoms with van der Waals surface area (Å²) in [6, 6.07) is 14.6. The molecule has 0 unspecified atom stereocenters. The summed E-state index contributed by atoms with van der Waals surface area (Å²) in [7, 11) is 0. The van der Waals surface area contributed by atoms with Crippen LogP contribution in [0.4, 0.5) is 5.69 Å². The number of benzene rings is 2. The molecule has 0 saturated heterocycles. The average molecular weight is 386 g/mol. The molecule has 1 aliphatic heterocycles. The van der Waals surface area contributed by atoms with Gasteiger partial charge in [-0.15, -0.1) is 0 Å². The van der Waals surface area contributed by atoms with Crippen LogP contribution in [-0.4, -0.2) is 22.8 Å². The van der Waals surface area contributed by atoms with Gasteiger partial charge in [0.1, 0.15) is 0 Å². The van der Waals surface area contributed by atoms with E-state index in [2.05, 4.69) is 17.4 Å². The number of nitrogens with zero attached hydrogens (tertiary/aromatic N) is 1. The highest BCUT2D eigenvalue weighted by molar-refractivity contribution is 6.05. The number of hydrogen-bond donors (Lipinski definition) is 1. The van der Waals surface area contributed by atoms with Crippen molar-refractivity contribution in [3.05, 3.63) is 53.7 Å². The summed E-state index contributed by atoms with van der Waals surface area (Å²) in [4.78, 5) is 24.3. The first kappa shape index (κ1) is 18.2. The SMILES string of the molecule is O=Cc1ccc(-c2c3n(c4ccccc24)C(=O)CCC3)cc1NC1CCCCC1. The van der Waals surface area contributed by atoms with Gasteiger partial charge in [-0.05, 0) is 49.4 Å². The molecule has 1 aliphatic carbocycles.